The molecule has 1 heterocycles. The van der Waals surface area contributed by atoms with E-state index in [4.69, 9.17) is 4.84 Å². The second-order valence-corrected chi connectivity index (χ2v) is 10.6. The van der Waals surface area contributed by atoms with Gasteiger partial charge in [0.1, 0.15) is 10.6 Å². The molecular weight excluding hydrogens is 463 g/mol. The lowest BCUT2D eigenvalue weighted by Crippen LogP contribution is -2.49. The maximum absolute atomic E-state index is 14.7. The Morgan fingerprint density at radius 1 is 1.24 bits per heavy atom. The highest BCUT2D eigenvalue weighted by Crippen LogP contribution is 2.26. The number of nitrogens with one attached hydrogen (secondary N) is 2. The normalized spacial score (nSPS) is 13.6. The van der Waals surface area contributed by atoms with Crippen LogP contribution in [0.1, 0.15) is 18.9 Å². The van der Waals surface area contributed by atoms with Crippen molar-refractivity contribution in [2.24, 2.45) is 0 Å². The molecule has 0 fully saturated rings. The van der Waals surface area contributed by atoms with E-state index in [1.165, 1.54) is 38.0 Å². The quantitative estimate of drug-likeness (QED) is 0.439. The Balaban J connectivity index is 1.91. The van der Waals surface area contributed by atoms with Gasteiger partial charge in [-0.15, -0.1) is 0 Å². The minimum atomic E-state index is -3.74. The summed E-state index contributed by atoms with van der Waals surface area (Å²) in [5, 5.41) is 2.67. The van der Waals surface area contributed by atoms with E-state index < -0.39 is 26.3 Å². The third-order valence-corrected chi connectivity index (χ3v) is 7.97. The molecule has 0 bridgehead atoms. The Hall–Kier alpha value is -3.15. The molecule has 9 nitrogen and oxygen atoms in total. The highest BCUT2D eigenvalue weighted by Gasteiger charge is 2.42. The van der Waals surface area contributed by atoms with Crippen LogP contribution < -0.4 is 16.4 Å². The Labute approximate surface area is 196 Å². The number of halogens is 1. The predicted octanol–water partition coefficient (Wildman–Crippen LogP) is 1.79. The lowest BCUT2D eigenvalue weighted by atomic mass is 10.0. The van der Waals surface area contributed by atoms with Gasteiger partial charge in [0.05, 0.1) is 24.3 Å². The molecule has 182 valence electrons. The lowest BCUT2D eigenvalue weighted by Gasteiger charge is -2.25. The molecule has 0 unspecified atom stereocenters. The lowest BCUT2D eigenvalue weighted by molar-refractivity contribution is -0.123. The largest absolute Gasteiger partial charge is 0.358 e. The monoisotopic (exact) mass is 490 g/mol. The molecule has 34 heavy (non-hydrogen) atoms. The molecule has 0 saturated carbocycles. The maximum atomic E-state index is 14.7. The predicted molar refractivity (Wildman–Crippen MR) is 127 cm³/mol. The van der Waals surface area contributed by atoms with Gasteiger partial charge in [-0.25, -0.2) is 17.8 Å². The molecule has 0 aliphatic heterocycles. The molecule has 2 N–H and O–H groups in total. The van der Waals surface area contributed by atoms with Crippen molar-refractivity contribution in [3.63, 3.8) is 0 Å². The zero-order chi connectivity index (χ0) is 25.1. The number of fused-ring (bicyclic) bond motifs is 1. The number of nitrogens with zero attached hydrogens (tertiary/aromatic N) is 2. The van der Waals surface area contributed by atoms with Gasteiger partial charge in [-0.3, -0.25) is 14.2 Å². The number of hydroxylamine groups is 1. The van der Waals surface area contributed by atoms with E-state index >= 15 is 0 Å². The first kappa shape index (κ1) is 25.5. The first-order chi connectivity index (χ1) is 16.0. The van der Waals surface area contributed by atoms with Crippen molar-refractivity contribution in [1.29, 1.82) is 0 Å². The fourth-order valence-corrected chi connectivity index (χ4v) is 4.51. The molecule has 0 aliphatic carbocycles. The number of hydrogen-bond acceptors (Lipinski definition) is 7. The summed E-state index contributed by atoms with van der Waals surface area (Å²) in [6.07, 6.45) is 2.19. The van der Waals surface area contributed by atoms with Crippen LogP contribution in [0.5, 0.6) is 0 Å². The molecule has 3 aromatic rings. The Kier molecular flexibility index (Phi) is 7.49. The highest BCUT2D eigenvalue weighted by atomic mass is 32.2. The number of benzene rings is 2. The van der Waals surface area contributed by atoms with E-state index in [2.05, 4.69) is 15.8 Å². The summed E-state index contributed by atoms with van der Waals surface area (Å²) in [5.41, 5.74) is 4.28. The molecule has 3 rings (SSSR count). The van der Waals surface area contributed by atoms with Crippen LogP contribution in [0.25, 0.3) is 22.0 Å². The molecule has 0 saturated heterocycles. The van der Waals surface area contributed by atoms with E-state index in [0.717, 1.165) is 6.26 Å². The fourth-order valence-electron chi connectivity index (χ4n) is 3.61. The first-order valence-corrected chi connectivity index (χ1v) is 12.4. The van der Waals surface area contributed by atoms with Gasteiger partial charge in [0.15, 0.2) is 9.84 Å². The number of sulfone groups is 1. The van der Waals surface area contributed by atoms with E-state index in [-0.39, 0.29) is 18.5 Å². The number of rotatable bonds is 9. The number of aryl methyl sites for hydroxylation is 1. The van der Waals surface area contributed by atoms with Gasteiger partial charge in [-0.1, -0.05) is 18.2 Å². The van der Waals surface area contributed by atoms with Crippen LogP contribution in [0.2, 0.25) is 0 Å². The van der Waals surface area contributed by atoms with E-state index in [9.17, 15) is 22.4 Å². The van der Waals surface area contributed by atoms with Gasteiger partial charge in [0, 0.05) is 32.0 Å². The number of aromatic nitrogens is 2. The van der Waals surface area contributed by atoms with Crippen LogP contribution in [0, 0.1) is 5.82 Å². The van der Waals surface area contributed by atoms with Crippen LogP contribution in [-0.2, 0) is 32.6 Å². The molecule has 0 spiro atoms. The summed E-state index contributed by atoms with van der Waals surface area (Å²) < 4.78 is 38.7. The second kappa shape index (κ2) is 10.00. The van der Waals surface area contributed by atoms with Crippen molar-refractivity contribution < 1.29 is 22.4 Å². The Morgan fingerprint density at radius 2 is 1.97 bits per heavy atom. The average Bonchev–Trinajstić information content (AvgIpc) is 2.80. The van der Waals surface area contributed by atoms with E-state index in [0.29, 0.717) is 34.1 Å². The van der Waals surface area contributed by atoms with Crippen LogP contribution in [0.4, 0.5) is 4.39 Å². The van der Waals surface area contributed by atoms with Gasteiger partial charge >= 0.3 is 0 Å². The molecule has 1 atom stereocenters. The van der Waals surface area contributed by atoms with Crippen LogP contribution in [0.3, 0.4) is 0 Å². The zero-order valence-electron chi connectivity index (χ0n) is 19.4. The highest BCUT2D eigenvalue weighted by molar-refractivity contribution is 7.92. The van der Waals surface area contributed by atoms with Crippen molar-refractivity contribution in [1.82, 2.24) is 20.3 Å². The summed E-state index contributed by atoms with van der Waals surface area (Å²) in [5.74, 6) is -1.06. The van der Waals surface area contributed by atoms with Crippen molar-refractivity contribution in [3.05, 3.63) is 64.5 Å². The molecule has 11 heteroatoms. The second-order valence-electron chi connectivity index (χ2n) is 8.15. The maximum Gasteiger partial charge on any atom is 0.261 e. The third kappa shape index (κ3) is 5.01. The average molecular weight is 491 g/mol. The van der Waals surface area contributed by atoms with Crippen LogP contribution in [0.15, 0.2) is 47.5 Å². The fraction of sp³-hybridized carbons (Fsp3) is 0.348. The topological polar surface area (TPSA) is 119 Å². The molecular formula is C23H27FN4O5S. The number of carbonyl (C=O) groups excluding carboxylic acids is 1. The number of hydrogen-bond donors (Lipinski definition) is 2. The molecule has 0 radical (unpaired) electrons. The van der Waals surface area contributed by atoms with Crippen molar-refractivity contribution >= 4 is 26.6 Å². The smallest absolute Gasteiger partial charge is 0.261 e. The Bertz CT molecular complexity index is 1390. The van der Waals surface area contributed by atoms with Gasteiger partial charge < -0.3 is 10.2 Å². The summed E-state index contributed by atoms with van der Waals surface area (Å²) in [4.78, 5) is 34.3. The molecule has 0 aliphatic rings. The first-order valence-electron chi connectivity index (χ1n) is 10.5. The SMILES string of the molecule is CNC(=O)[C@@](C)(CCn1cnc2cc(-c3ccc(CNOC)cc3F)ccc2c1=O)S(C)(=O)=O. The number of carbonyl (C=O) groups is 1. The standard InChI is InChI=1S/C23H27FN4O5S/c1-23(22(30)25-2,34(4,31)32)9-10-28-14-26-20-12-16(6-8-18(20)21(28)29)17-7-5-15(11-19(17)24)13-27-33-3/h5-8,11-12,14,27H,9-10,13H2,1-4H3,(H,25,30)/t23-/m1/s1. The van der Waals surface area contributed by atoms with Gasteiger partial charge in [-0.05, 0) is 42.7 Å². The molecule has 1 amide bonds. The van der Waals surface area contributed by atoms with Gasteiger partial charge in [0.25, 0.3) is 5.56 Å². The third-order valence-electron chi connectivity index (χ3n) is 5.95. The van der Waals surface area contributed by atoms with Crippen LogP contribution >= 0.6 is 0 Å². The van der Waals surface area contributed by atoms with E-state index in [1.54, 1.807) is 30.3 Å². The van der Waals surface area contributed by atoms with Crippen molar-refractivity contribution in [3.8, 4) is 11.1 Å². The van der Waals surface area contributed by atoms with Crippen molar-refractivity contribution in [2.45, 2.75) is 31.2 Å². The molecule has 1 aromatic heterocycles. The summed E-state index contributed by atoms with van der Waals surface area (Å²) >= 11 is 0. The van der Waals surface area contributed by atoms with Gasteiger partial charge in [-0.2, -0.15) is 5.48 Å². The van der Waals surface area contributed by atoms with Crippen LogP contribution in [-0.4, -0.2) is 49.0 Å². The summed E-state index contributed by atoms with van der Waals surface area (Å²) in [7, 11) is -0.904. The van der Waals surface area contributed by atoms with E-state index in [1.807, 2.05) is 0 Å². The minimum Gasteiger partial charge on any atom is -0.358 e. The zero-order valence-corrected chi connectivity index (χ0v) is 20.2. The summed E-state index contributed by atoms with van der Waals surface area (Å²) in [6, 6.07) is 9.64. The van der Waals surface area contributed by atoms with Gasteiger partial charge in [0.2, 0.25) is 5.91 Å². The number of amides is 1. The minimum absolute atomic E-state index is 0.0217. The van der Waals surface area contributed by atoms with Crippen molar-refractivity contribution in [2.75, 3.05) is 20.4 Å². The Morgan fingerprint density at radius 3 is 2.59 bits per heavy atom. The molecule has 2 aromatic carbocycles. The summed E-state index contributed by atoms with van der Waals surface area (Å²) in [6.45, 7) is 1.66.